The van der Waals surface area contributed by atoms with E-state index in [0.29, 0.717) is 6.61 Å². The van der Waals surface area contributed by atoms with Gasteiger partial charge in [0, 0.05) is 0 Å². The summed E-state index contributed by atoms with van der Waals surface area (Å²) in [6.45, 7) is 4.73. The zero-order chi connectivity index (χ0) is 13.7. The predicted molar refractivity (Wildman–Crippen MR) is 77.5 cm³/mol. The SMILES string of the molecule is CCOc1ccc(C(O)c2ccc(CC)cc2)cc1. The topological polar surface area (TPSA) is 29.5 Å². The second kappa shape index (κ2) is 6.39. The summed E-state index contributed by atoms with van der Waals surface area (Å²) in [6.07, 6.45) is 0.431. The van der Waals surface area contributed by atoms with Crippen LogP contribution in [0.25, 0.3) is 0 Å². The third kappa shape index (κ3) is 3.36. The molecule has 2 aromatic rings. The van der Waals surface area contributed by atoms with Crippen LogP contribution in [0.4, 0.5) is 0 Å². The Morgan fingerprint density at radius 1 is 0.895 bits per heavy atom. The Morgan fingerprint density at radius 3 is 1.89 bits per heavy atom. The Hall–Kier alpha value is -1.80. The summed E-state index contributed by atoms with van der Waals surface area (Å²) in [5.74, 6) is 0.833. The Bertz CT molecular complexity index is 500. The number of benzene rings is 2. The molecular weight excluding hydrogens is 236 g/mol. The van der Waals surface area contributed by atoms with E-state index in [4.69, 9.17) is 4.74 Å². The molecule has 0 saturated carbocycles. The molecule has 0 radical (unpaired) electrons. The standard InChI is InChI=1S/C17H20O2/c1-3-13-5-7-14(8-6-13)17(18)15-9-11-16(12-10-15)19-4-2/h5-12,17-18H,3-4H2,1-2H3. The van der Waals surface area contributed by atoms with E-state index in [1.54, 1.807) is 0 Å². The fraction of sp³-hybridized carbons (Fsp3) is 0.294. The van der Waals surface area contributed by atoms with Crippen molar-refractivity contribution in [3.05, 3.63) is 65.2 Å². The van der Waals surface area contributed by atoms with Crippen LogP contribution in [0, 0.1) is 0 Å². The molecule has 19 heavy (non-hydrogen) atoms. The smallest absolute Gasteiger partial charge is 0.119 e. The molecule has 0 fully saturated rings. The van der Waals surface area contributed by atoms with Crippen molar-refractivity contribution >= 4 is 0 Å². The maximum absolute atomic E-state index is 10.3. The number of rotatable bonds is 5. The summed E-state index contributed by atoms with van der Waals surface area (Å²) in [5.41, 5.74) is 3.08. The van der Waals surface area contributed by atoms with Crippen LogP contribution < -0.4 is 4.74 Å². The number of aryl methyl sites for hydroxylation is 1. The third-order valence-corrected chi connectivity index (χ3v) is 3.21. The van der Waals surface area contributed by atoms with Gasteiger partial charge >= 0.3 is 0 Å². The Morgan fingerprint density at radius 2 is 1.42 bits per heavy atom. The van der Waals surface area contributed by atoms with Crippen LogP contribution in [0.2, 0.25) is 0 Å². The van der Waals surface area contributed by atoms with Gasteiger partial charge in [0.2, 0.25) is 0 Å². The van der Waals surface area contributed by atoms with Crippen molar-refractivity contribution in [1.29, 1.82) is 0 Å². The Kier molecular flexibility index (Phi) is 4.58. The average Bonchev–Trinajstić information content (AvgIpc) is 2.48. The van der Waals surface area contributed by atoms with E-state index in [9.17, 15) is 5.11 Å². The first-order chi connectivity index (χ1) is 9.24. The van der Waals surface area contributed by atoms with Crippen LogP contribution in [-0.2, 0) is 6.42 Å². The van der Waals surface area contributed by atoms with Gasteiger partial charge in [-0.15, -0.1) is 0 Å². The maximum atomic E-state index is 10.3. The lowest BCUT2D eigenvalue weighted by atomic mass is 10.00. The highest BCUT2D eigenvalue weighted by Crippen LogP contribution is 2.24. The van der Waals surface area contributed by atoms with Crippen molar-refractivity contribution in [3.8, 4) is 5.75 Å². The lowest BCUT2D eigenvalue weighted by Gasteiger charge is -2.13. The molecule has 0 aliphatic heterocycles. The number of aliphatic hydroxyl groups is 1. The molecule has 0 amide bonds. The molecule has 0 bridgehead atoms. The first-order valence-electron chi connectivity index (χ1n) is 6.74. The van der Waals surface area contributed by atoms with Crippen molar-refractivity contribution in [3.63, 3.8) is 0 Å². The molecule has 100 valence electrons. The van der Waals surface area contributed by atoms with Crippen LogP contribution in [0.3, 0.4) is 0 Å². The minimum Gasteiger partial charge on any atom is -0.494 e. The number of hydrogen-bond acceptors (Lipinski definition) is 2. The second-order valence-corrected chi connectivity index (χ2v) is 4.50. The zero-order valence-corrected chi connectivity index (χ0v) is 11.5. The lowest BCUT2D eigenvalue weighted by molar-refractivity contribution is 0.220. The molecule has 2 nitrogen and oxygen atoms in total. The van der Waals surface area contributed by atoms with Gasteiger partial charge in [-0.05, 0) is 42.2 Å². The summed E-state index contributed by atoms with van der Waals surface area (Å²) in [5, 5.41) is 10.3. The van der Waals surface area contributed by atoms with Crippen molar-refractivity contribution in [2.45, 2.75) is 26.4 Å². The molecule has 2 heteroatoms. The van der Waals surface area contributed by atoms with Crippen LogP contribution in [0.1, 0.15) is 36.6 Å². The van der Waals surface area contributed by atoms with Gasteiger partial charge in [0.25, 0.3) is 0 Å². The zero-order valence-electron chi connectivity index (χ0n) is 11.5. The van der Waals surface area contributed by atoms with Crippen LogP contribution in [0.15, 0.2) is 48.5 Å². The van der Waals surface area contributed by atoms with E-state index in [1.807, 2.05) is 43.3 Å². The van der Waals surface area contributed by atoms with Gasteiger partial charge in [-0.25, -0.2) is 0 Å². The van der Waals surface area contributed by atoms with Gasteiger partial charge in [-0.1, -0.05) is 43.3 Å². The molecule has 0 heterocycles. The van der Waals surface area contributed by atoms with E-state index < -0.39 is 6.10 Å². The molecule has 0 aromatic heterocycles. The van der Waals surface area contributed by atoms with Crippen LogP contribution in [0.5, 0.6) is 5.75 Å². The molecule has 0 aliphatic carbocycles. The monoisotopic (exact) mass is 256 g/mol. The molecule has 1 atom stereocenters. The Balaban J connectivity index is 2.15. The van der Waals surface area contributed by atoms with E-state index >= 15 is 0 Å². The van der Waals surface area contributed by atoms with E-state index in [-0.39, 0.29) is 0 Å². The second-order valence-electron chi connectivity index (χ2n) is 4.50. The van der Waals surface area contributed by atoms with Gasteiger partial charge < -0.3 is 9.84 Å². The van der Waals surface area contributed by atoms with Gasteiger partial charge in [0.15, 0.2) is 0 Å². The van der Waals surface area contributed by atoms with Gasteiger partial charge in [0.05, 0.1) is 6.61 Å². The average molecular weight is 256 g/mol. The highest BCUT2D eigenvalue weighted by Gasteiger charge is 2.10. The molecule has 0 saturated heterocycles. The molecule has 1 N–H and O–H groups in total. The first-order valence-corrected chi connectivity index (χ1v) is 6.74. The third-order valence-electron chi connectivity index (χ3n) is 3.21. The fourth-order valence-electron chi connectivity index (χ4n) is 2.04. The van der Waals surface area contributed by atoms with E-state index in [2.05, 4.69) is 19.1 Å². The highest BCUT2D eigenvalue weighted by atomic mass is 16.5. The van der Waals surface area contributed by atoms with Crippen molar-refractivity contribution in [2.75, 3.05) is 6.61 Å². The van der Waals surface area contributed by atoms with Crippen LogP contribution in [-0.4, -0.2) is 11.7 Å². The van der Waals surface area contributed by atoms with Crippen molar-refractivity contribution < 1.29 is 9.84 Å². The summed E-state index contributed by atoms with van der Waals surface area (Å²) in [4.78, 5) is 0. The summed E-state index contributed by atoms with van der Waals surface area (Å²) < 4.78 is 5.39. The normalized spacial score (nSPS) is 12.2. The van der Waals surface area contributed by atoms with Gasteiger partial charge in [-0.2, -0.15) is 0 Å². The molecule has 2 rings (SSSR count). The largest absolute Gasteiger partial charge is 0.494 e. The molecule has 0 aliphatic rings. The fourth-order valence-corrected chi connectivity index (χ4v) is 2.04. The maximum Gasteiger partial charge on any atom is 0.119 e. The molecule has 1 unspecified atom stereocenters. The number of ether oxygens (including phenoxy) is 1. The van der Waals surface area contributed by atoms with Gasteiger partial charge in [0.1, 0.15) is 11.9 Å². The highest BCUT2D eigenvalue weighted by molar-refractivity contribution is 5.35. The molecular formula is C17H20O2. The summed E-state index contributed by atoms with van der Waals surface area (Å²) in [6, 6.07) is 15.7. The minimum absolute atomic E-state index is 0.582. The van der Waals surface area contributed by atoms with Crippen LogP contribution >= 0.6 is 0 Å². The van der Waals surface area contributed by atoms with Gasteiger partial charge in [-0.3, -0.25) is 0 Å². The Labute approximate surface area is 114 Å². The van der Waals surface area contributed by atoms with E-state index in [0.717, 1.165) is 23.3 Å². The summed E-state index contributed by atoms with van der Waals surface area (Å²) in [7, 11) is 0. The number of aliphatic hydroxyl groups excluding tert-OH is 1. The molecule has 0 spiro atoms. The predicted octanol–water partition coefficient (Wildman–Crippen LogP) is 3.73. The summed E-state index contributed by atoms with van der Waals surface area (Å²) >= 11 is 0. The first kappa shape index (κ1) is 13.6. The van der Waals surface area contributed by atoms with Crippen molar-refractivity contribution in [2.24, 2.45) is 0 Å². The lowest BCUT2D eigenvalue weighted by Crippen LogP contribution is -2.00. The van der Waals surface area contributed by atoms with E-state index in [1.165, 1.54) is 5.56 Å². The molecule has 2 aromatic carbocycles. The van der Waals surface area contributed by atoms with Crippen molar-refractivity contribution in [1.82, 2.24) is 0 Å². The number of hydrogen-bond donors (Lipinski definition) is 1. The quantitative estimate of drug-likeness (QED) is 0.883. The minimum atomic E-state index is -0.582.